The molecule has 0 saturated heterocycles. The lowest BCUT2D eigenvalue weighted by molar-refractivity contribution is 0.0443. The Balaban J connectivity index is 2.78. The third-order valence-corrected chi connectivity index (χ3v) is 3.95. The van der Waals surface area contributed by atoms with Crippen LogP contribution in [0.25, 0.3) is 0 Å². The molecule has 0 unspecified atom stereocenters. The minimum Gasteiger partial charge on any atom is -0.386 e. The van der Waals surface area contributed by atoms with Gasteiger partial charge in [0.25, 0.3) is 0 Å². The molecule has 0 saturated carbocycles. The number of esters is 2. The first-order valence-corrected chi connectivity index (χ1v) is 5.26. The molecule has 0 spiro atoms. The number of hydrogen-bond donors (Lipinski definition) is 0. The van der Waals surface area contributed by atoms with Crippen molar-refractivity contribution in [2.75, 3.05) is 0 Å². The van der Waals surface area contributed by atoms with Crippen molar-refractivity contribution in [1.29, 1.82) is 0 Å². The van der Waals surface area contributed by atoms with Crippen molar-refractivity contribution in [3.8, 4) is 0 Å². The van der Waals surface area contributed by atoms with E-state index < -0.39 is 11.9 Å². The quantitative estimate of drug-likeness (QED) is 0.546. The second-order valence-corrected chi connectivity index (χ2v) is 5.73. The van der Waals surface area contributed by atoms with Crippen LogP contribution in [0.15, 0.2) is 7.57 Å². The van der Waals surface area contributed by atoms with Gasteiger partial charge < -0.3 is 4.74 Å². The fourth-order valence-electron chi connectivity index (χ4n) is 0.928. The van der Waals surface area contributed by atoms with Crippen LogP contribution in [-0.4, -0.2) is 11.9 Å². The standard InChI is InChI=1S/C6Br2O3S/c7-3-1-2(4(8)12-3)6(10)11-5(1)9. The summed E-state index contributed by atoms with van der Waals surface area (Å²) in [4.78, 5) is 22.0. The highest BCUT2D eigenvalue weighted by Crippen LogP contribution is 2.40. The topological polar surface area (TPSA) is 43.4 Å². The number of fused-ring (bicyclic) bond motifs is 1. The van der Waals surface area contributed by atoms with Gasteiger partial charge in [-0.25, -0.2) is 9.59 Å². The number of carbonyl (C=O) groups is 2. The average Bonchev–Trinajstić information content (AvgIpc) is 2.38. The molecular formula is C6Br2O3S. The first kappa shape index (κ1) is 8.40. The predicted molar refractivity (Wildman–Crippen MR) is 49.5 cm³/mol. The largest absolute Gasteiger partial charge is 0.386 e. The Bertz CT molecular complexity index is 361. The van der Waals surface area contributed by atoms with Gasteiger partial charge in [-0.15, -0.1) is 11.3 Å². The third kappa shape index (κ3) is 0.982. The number of ether oxygens (including phenoxy) is 1. The van der Waals surface area contributed by atoms with Crippen LogP contribution >= 0.6 is 43.2 Å². The van der Waals surface area contributed by atoms with E-state index in [1.807, 2.05) is 0 Å². The predicted octanol–water partition coefficient (Wildman–Crippen LogP) is 2.58. The van der Waals surface area contributed by atoms with Gasteiger partial charge in [0.05, 0.1) is 7.57 Å². The van der Waals surface area contributed by atoms with Gasteiger partial charge in [-0.05, 0) is 31.9 Å². The molecule has 1 aromatic rings. The van der Waals surface area contributed by atoms with Crippen molar-refractivity contribution in [2.45, 2.75) is 0 Å². The Morgan fingerprint density at radius 1 is 1.00 bits per heavy atom. The Morgan fingerprint density at radius 3 is 1.83 bits per heavy atom. The maximum Gasteiger partial charge on any atom is 0.348 e. The summed E-state index contributed by atoms with van der Waals surface area (Å²) >= 11 is 7.63. The number of carbonyl (C=O) groups excluding carboxylic acids is 2. The van der Waals surface area contributed by atoms with E-state index in [0.717, 1.165) is 0 Å². The number of halogens is 2. The maximum absolute atomic E-state index is 11.0. The average molecular weight is 312 g/mol. The van der Waals surface area contributed by atoms with Crippen molar-refractivity contribution in [3.05, 3.63) is 18.7 Å². The SMILES string of the molecule is O=C1OC(=O)c2c(Br)sc(Br)c21. The highest BCUT2D eigenvalue weighted by atomic mass is 79.9. The van der Waals surface area contributed by atoms with E-state index >= 15 is 0 Å². The fourth-order valence-corrected chi connectivity index (χ4v) is 4.00. The summed E-state index contributed by atoms with van der Waals surface area (Å²) in [6, 6.07) is 0. The molecule has 1 aliphatic rings. The van der Waals surface area contributed by atoms with E-state index in [4.69, 9.17) is 0 Å². The van der Waals surface area contributed by atoms with Crippen LogP contribution in [0.4, 0.5) is 0 Å². The van der Waals surface area contributed by atoms with Crippen LogP contribution in [0.3, 0.4) is 0 Å². The molecule has 0 radical (unpaired) electrons. The lowest BCUT2D eigenvalue weighted by Crippen LogP contribution is -1.98. The van der Waals surface area contributed by atoms with Gasteiger partial charge in [0.2, 0.25) is 0 Å². The van der Waals surface area contributed by atoms with Crippen LogP contribution in [0.2, 0.25) is 0 Å². The molecule has 12 heavy (non-hydrogen) atoms. The van der Waals surface area contributed by atoms with Crippen LogP contribution in [-0.2, 0) is 4.74 Å². The highest BCUT2D eigenvalue weighted by molar-refractivity contribution is 9.12. The van der Waals surface area contributed by atoms with Crippen LogP contribution in [0.5, 0.6) is 0 Å². The van der Waals surface area contributed by atoms with Crippen LogP contribution < -0.4 is 0 Å². The molecule has 1 aliphatic heterocycles. The van der Waals surface area contributed by atoms with Crippen molar-refractivity contribution in [2.24, 2.45) is 0 Å². The fraction of sp³-hybridized carbons (Fsp3) is 0. The maximum atomic E-state index is 11.0. The van der Waals surface area contributed by atoms with Gasteiger partial charge >= 0.3 is 11.9 Å². The highest BCUT2D eigenvalue weighted by Gasteiger charge is 2.36. The number of cyclic esters (lactones) is 2. The van der Waals surface area contributed by atoms with Gasteiger partial charge in [-0.2, -0.15) is 0 Å². The van der Waals surface area contributed by atoms with E-state index in [-0.39, 0.29) is 0 Å². The van der Waals surface area contributed by atoms with Crippen LogP contribution in [0.1, 0.15) is 20.7 Å². The second-order valence-electron chi connectivity index (χ2n) is 2.08. The molecule has 0 aliphatic carbocycles. The van der Waals surface area contributed by atoms with Gasteiger partial charge in [-0.3, -0.25) is 0 Å². The summed E-state index contributed by atoms with van der Waals surface area (Å²) in [5.41, 5.74) is 0.661. The Labute approximate surface area is 88.0 Å². The van der Waals surface area contributed by atoms with Gasteiger partial charge in [0, 0.05) is 0 Å². The molecule has 3 nitrogen and oxygen atoms in total. The Hall–Kier alpha value is -0.200. The van der Waals surface area contributed by atoms with E-state index in [0.29, 0.717) is 18.7 Å². The summed E-state index contributed by atoms with van der Waals surface area (Å²) < 4.78 is 5.65. The molecule has 2 rings (SSSR count). The summed E-state index contributed by atoms with van der Waals surface area (Å²) in [6.07, 6.45) is 0. The molecule has 0 aromatic carbocycles. The molecule has 0 N–H and O–H groups in total. The Morgan fingerprint density at radius 2 is 1.42 bits per heavy atom. The van der Waals surface area contributed by atoms with Gasteiger partial charge in [-0.1, -0.05) is 0 Å². The van der Waals surface area contributed by atoms with Crippen molar-refractivity contribution in [3.63, 3.8) is 0 Å². The van der Waals surface area contributed by atoms with Gasteiger partial charge in [0.1, 0.15) is 11.1 Å². The van der Waals surface area contributed by atoms with Crippen molar-refractivity contribution < 1.29 is 14.3 Å². The molecule has 2 heterocycles. The molecule has 1 aromatic heterocycles. The summed E-state index contributed by atoms with van der Waals surface area (Å²) in [5.74, 6) is -1.16. The van der Waals surface area contributed by atoms with E-state index in [9.17, 15) is 9.59 Å². The van der Waals surface area contributed by atoms with Crippen molar-refractivity contribution >= 4 is 55.1 Å². The minimum atomic E-state index is -0.580. The molecule has 0 bridgehead atoms. The molecule has 0 atom stereocenters. The molecule has 0 amide bonds. The molecular weight excluding hydrogens is 312 g/mol. The first-order chi connectivity index (χ1) is 5.61. The normalized spacial score (nSPS) is 14.8. The zero-order valence-corrected chi connectivity index (χ0v) is 9.38. The summed E-state index contributed by atoms with van der Waals surface area (Å²) in [7, 11) is 0. The summed E-state index contributed by atoms with van der Waals surface area (Å²) in [5, 5.41) is 0. The van der Waals surface area contributed by atoms with Crippen molar-refractivity contribution in [1.82, 2.24) is 0 Å². The Kier molecular flexibility index (Phi) is 1.85. The first-order valence-electron chi connectivity index (χ1n) is 2.85. The molecule has 62 valence electrons. The minimum absolute atomic E-state index is 0.330. The number of rotatable bonds is 0. The second kappa shape index (κ2) is 2.65. The third-order valence-electron chi connectivity index (χ3n) is 1.42. The smallest absolute Gasteiger partial charge is 0.348 e. The summed E-state index contributed by atoms with van der Waals surface area (Å²) in [6.45, 7) is 0. The zero-order chi connectivity index (χ0) is 8.88. The zero-order valence-electron chi connectivity index (χ0n) is 5.39. The lowest BCUT2D eigenvalue weighted by atomic mass is 10.2. The monoisotopic (exact) mass is 310 g/mol. The number of thiophene rings is 1. The molecule has 6 heteroatoms. The lowest BCUT2D eigenvalue weighted by Gasteiger charge is -1.87. The van der Waals surface area contributed by atoms with E-state index in [1.165, 1.54) is 11.3 Å². The number of hydrogen-bond acceptors (Lipinski definition) is 4. The molecule has 0 fully saturated rings. The van der Waals surface area contributed by atoms with E-state index in [1.54, 1.807) is 0 Å². The van der Waals surface area contributed by atoms with E-state index in [2.05, 4.69) is 36.6 Å². The van der Waals surface area contributed by atoms with Gasteiger partial charge in [0.15, 0.2) is 0 Å². The van der Waals surface area contributed by atoms with Crippen LogP contribution in [0, 0.1) is 0 Å².